The van der Waals surface area contributed by atoms with Gasteiger partial charge in [-0.1, -0.05) is 46.3 Å². The zero-order valence-electron chi connectivity index (χ0n) is 17.0. The van der Waals surface area contributed by atoms with Gasteiger partial charge in [-0.25, -0.2) is 0 Å². The third-order valence-corrected chi connectivity index (χ3v) is 4.81. The summed E-state index contributed by atoms with van der Waals surface area (Å²) in [7, 11) is 0. The molecule has 0 radical (unpaired) electrons. The maximum absolute atomic E-state index is 12.5. The Hall–Kier alpha value is -3.56. The van der Waals surface area contributed by atoms with E-state index in [1.54, 1.807) is 42.5 Å². The molecule has 3 aromatic carbocycles. The smallest absolute Gasteiger partial charge is 0.266 e. The Kier molecular flexibility index (Phi) is 7.85. The molecule has 0 bridgehead atoms. The number of hydrogen-bond acceptors (Lipinski definition) is 4. The van der Waals surface area contributed by atoms with Crippen LogP contribution in [0.4, 0.5) is 5.69 Å². The number of amides is 1. The molecular weight excluding hydrogens is 456 g/mol. The number of hydrogen-bond donors (Lipinski definition) is 1. The van der Waals surface area contributed by atoms with Crippen molar-refractivity contribution in [3.63, 3.8) is 0 Å². The summed E-state index contributed by atoms with van der Waals surface area (Å²) < 4.78 is 12.2. The van der Waals surface area contributed by atoms with Crippen molar-refractivity contribution in [2.24, 2.45) is 0 Å². The van der Waals surface area contributed by atoms with Gasteiger partial charge < -0.3 is 14.8 Å². The molecule has 0 atom stereocenters. The molecule has 5 nitrogen and oxygen atoms in total. The molecule has 0 aliphatic carbocycles. The molecule has 0 aliphatic rings. The van der Waals surface area contributed by atoms with Crippen molar-refractivity contribution in [2.45, 2.75) is 13.5 Å². The predicted molar refractivity (Wildman–Crippen MR) is 125 cm³/mol. The van der Waals surface area contributed by atoms with E-state index in [1.807, 2.05) is 49.4 Å². The lowest BCUT2D eigenvalue weighted by molar-refractivity contribution is -0.112. The molecule has 0 heterocycles. The first-order chi connectivity index (χ1) is 15.1. The molecule has 0 aliphatic heterocycles. The van der Waals surface area contributed by atoms with Crippen LogP contribution in [0.3, 0.4) is 0 Å². The first-order valence-electron chi connectivity index (χ1n) is 9.70. The Balaban J connectivity index is 1.63. The van der Waals surface area contributed by atoms with E-state index in [4.69, 9.17) is 9.47 Å². The number of halogens is 1. The molecule has 0 fully saturated rings. The standard InChI is InChI=1S/C25H21BrN2O3/c1-2-30-24-5-3-4-22(15-24)28-25(29)20(16-27)14-18-8-12-23(13-9-18)31-17-19-6-10-21(26)11-7-19/h3-15H,2,17H2,1H3,(H,28,29). The summed E-state index contributed by atoms with van der Waals surface area (Å²) in [5, 5.41) is 12.2. The van der Waals surface area contributed by atoms with Gasteiger partial charge in [-0.3, -0.25) is 4.79 Å². The summed E-state index contributed by atoms with van der Waals surface area (Å²) in [6.07, 6.45) is 1.54. The quantitative estimate of drug-likeness (QED) is 0.321. The van der Waals surface area contributed by atoms with Crippen molar-refractivity contribution in [1.29, 1.82) is 5.26 Å². The lowest BCUT2D eigenvalue weighted by atomic mass is 10.1. The maximum Gasteiger partial charge on any atom is 0.266 e. The molecule has 0 saturated carbocycles. The molecule has 0 saturated heterocycles. The molecule has 6 heteroatoms. The fraction of sp³-hybridized carbons (Fsp3) is 0.120. The highest BCUT2D eigenvalue weighted by atomic mass is 79.9. The average Bonchev–Trinajstić information content (AvgIpc) is 2.78. The summed E-state index contributed by atoms with van der Waals surface area (Å²) in [5.74, 6) is 0.879. The van der Waals surface area contributed by atoms with Gasteiger partial charge in [0.2, 0.25) is 0 Å². The van der Waals surface area contributed by atoms with E-state index in [1.165, 1.54) is 0 Å². The number of ether oxygens (including phenoxy) is 2. The number of benzene rings is 3. The third kappa shape index (κ3) is 6.73. The van der Waals surface area contributed by atoms with Crippen LogP contribution in [0.15, 0.2) is 82.8 Å². The molecular formula is C25H21BrN2O3. The second kappa shape index (κ2) is 11.0. The minimum Gasteiger partial charge on any atom is -0.494 e. The van der Waals surface area contributed by atoms with Crippen LogP contribution in [0, 0.1) is 11.3 Å². The van der Waals surface area contributed by atoms with E-state index < -0.39 is 5.91 Å². The molecule has 31 heavy (non-hydrogen) atoms. The minimum atomic E-state index is -0.480. The maximum atomic E-state index is 12.5. The van der Waals surface area contributed by atoms with Crippen LogP contribution >= 0.6 is 15.9 Å². The van der Waals surface area contributed by atoms with E-state index in [9.17, 15) is 10.1 Å². The Morgan fingerprint density at radius 2 is 1.77 bits per heavy atom. The first kappa shape index (κ1) is 22.1. The minimum absolute atomic E-state index is 0.00495. The molecule has 0 unspecified atom stereocenters. The Morgan fingerprint density at radius 3 is 2.45 bits per heavy atom. The highest BCUT2D eigenvalue weighted by Gasteiger charge is 2.10. The summed E-state index contributed by atoms with van der Waals surface area (Å²) in [4.78, 5) is 12.5. The normalized spacial score (nSPS) is 10.8. The first-order valence-corrected chi connectivity index (χ1v) is 10.5. The Labute approximate surface area is 190 Å². The van der Waals surface area contributed by atoms with Gasteiger partial charge in [0.15, 0.2) is 0 Å². The predicted octanol–water partition coefficient (Wildman–Crippen LogP) is 5.97. The molecule has 1 amide bonds. The Morgan fingerprint density at radius 1 is 1.03 bits per heavy atom. The Bertz CT molecular complexity index is 1100. The van der Waals surface area contributed by atoms with E-state index in [0.29, 0.717) is 30.4 Å². The van der Waals surface area contributed by atoms with Gasteiger partial charge in [-0.05, 0) is 60.5 Å². The highest BCUT2D eigenvalue weighted by molar-refractivity contribution is 9.10. The van der Waals surface area contributed by atoms with Crippen LogP contribution < -0.4 is 14.8 Å². The number of rotatable bonds is 8. The zero-order chi connectivity index (χ0) is 22.1. The number of nitrogens with zero attached hydrogens (tertiary/aromatic N) is 1. The molecule has 3 rings (SSSR count). The SMILES string of the molecule is CCOc1cccc(NC(=O)C(C#N)=Cc2ccc(OCc3ccc(Br)cc3)cc2)c1. The van der Waals surface area contributed by atoms with Gasteiger partial charge in [0.25, 0.3) is 5.91 Å². The zero-order valence-corrected chi connectivity index (χ0v) is 18.6. The van der Waals surface area contributed by atoms with Crippen LogP contribution in [0.2, 0.25) is 0 Å². The summed E-state index contributed by atoms with van der Waals surface area (Å²) in [6.45, 7) is 2.87. The van der Waals surface area contributed by atoms with E-state index in [-0.39, 0.29) is 5.57 Å². The number of nitriles is 1. The fourth-order valence-electron chi connectivity index (χ4n) is 2.75. The topological polar surface area (TPSA) is 71.3 Å². The van der Waals surface area contributed by atoms with Gasteiger partial charge >= 0.3 is 0 Å². The second-order valence-electron chi connectivity index (χ2n) is 6.57. The van der Waals surface area contributed by atoms with Crippen molar-refractivity contribution < 1.29 is 14.3 Å². The van der Waals surface area contributed by atoms with Crippen LogP contribution in [0.5, 0.6) is 11.5 Å². The third-order valence-electron chi connectivity index (χ3n) is 4.28. The van der Waals surface area contributed by atoms with E-state index in [2.05, 4.69) is 21.2 Å². The fourth-order valence-corrected chi connectivity index (χ4v) is 3.02. The molecule has 3 aromatic rings. The largest absolute Gasteiger partial charge is 0.494 e. The molecule has 156 valence electrons. The van der Waals surface area contributed by atoms with Crippen molar-refractivity contribution in [2.75, 3.05) is 11.9 Å². The van der Waals surface area contributed by atoms with Crippen molar-refractivity contribution in [3.05, 3.63) is 94.0 Å². The monoisotopic (exact) mass is 476 g/mol. The second-order valence-corrected chi connectivity index (χ2v) is 7.48. The summed E-state index contributed by atoms with van der Waals surface area (Å²) in [6, 6.07) is 24.1. The van der Waals surface area contributed by atoms with Crippen LogP contribution in [0.1, 0.15) is 18.1 Å². The number of anilines is 1. The van der Waals surface area contributed by atoms with Crippen LogP contribution in [0.25, 0.3) is 6.08 Å². The van der Waals surface area contributed by atoms with Crippen molar-refractivity contribution in [1.82, 2.24) is 0 Å². The van der Waals surface area contributed by atoms with Crippen molar-refractivity contribution in [3.8, 4) is 17.6 Å². The summed E-state index contributed by atoms with van der Waals surface area (Å²) in [5.41, 5.74) is 2.36. The number of carbonyl (C=O) groups excluding carboxylic acids is 1. The van der Waals surface area contributed by atoms with Gasteiger partial charge in [0.05, 0.1) is 6.61 Å². The highest BCUT2D eigenvalue weighted by Crippen LogP contribution is 2.20. The number of nitrogens with one attached hydrogen (secondary N) is 1. The lowest BCUT2D eigenvalue weighted by Crippen LogP contribution is -2.13. The van der Waals surface area contributed by atoms with Crippen LogP contribution in [-0.2, 0) is 11.4 Å². The van der Waals surface area contributed by atoms with Crippen molar-refractivity contribution >= 4 is 33.6 Å². The van der Waals surface area contributed by atoms with Crippen LogP contribution in [-0.4, -0.2) is 12.5 Å². The average molecular weight is 477 g/mol. The van der Waals surface area contributed by atoms with Gasteiger partial charge in [-0.15, -0.1) is 0 Å². The summed E-state index contributed by atoms with van der Waals surface area (Å²) >= 11 is 3.41. The molecule has 1 N–H and O–H groups in total. The lowest BCUT2D eigenvalue weighted by Gasteiger charge is -2.08. The van der Waals surface area contributed by atoms with E-state index in [0.717, 1.165) is 15.6 Å². The van der Waals surface area contributed by atoms with Gasteiger partial charge in [0, 0.05) is 16.2 Å². The molecule has 0 spiro atoms. The van der Waals surface area contributed by atoms with Gasteiger partial charge in [-0.2, -0.15) is 5.26 Å². The van der Waals surface area contributed by atoms with Gasteiger partial charge in [0.1, 0.15) is 29.7 Å². The molecule has 0 aromatic heterocycles. The number of carbonyl (C=O) groups is 1. The van der Waals surface area contributed by atoms with E-state index >= 15 is 0 Å².